The highest BCUT2D eigenvalue weighted by Gasteiger charge is 2.45. The van der Waals surface area contributed by atoms with Crippen molar-refractivity contribution in [3.05, 3.63) is 125 Å². The summed E-state index contributed by atoms with van der Waals surface area (Å²) < 4.78 is 23.7. The first-order chi connectivity index (χ1) is 53.3. The lowest BCUT2D eigenvalue weighted by molar-refractivity contribution is -0.148. The van der Waals surface area contributed by atoms with Gasteiger partial charge in [0, 0.05) is 66.1 Å². The molecular formula is C82H122N14O16. The molecule has 1 saturated heterocycles. The van der Waals surface area contributed by atoms with Crippen LogP contribution in [0.1, 0.15) is 161 Å². The summed E-state index contributed by atoms with van der Waals surface area (Å²) in [5, 5.41) is 33.1. The number of aliphatic hydroxyl groups excluding tert-OH is 1. The minimum Gasteiger partial charge on any atom is -0.449 e. The second-order valence-corrected chi connectivity index (χ2v) is 30.4. The molecule has 15 N–H and O–H groups in total. The summed E-state index contributed by atoms with van der Waals surface area (Å²) in [6.45, 7) is 18.2. The Labute approximate surface area is 658 Å². The van der Waals surface area contributed by atoms with Crippen LogP contribution in [0.15, 0.2) is 103 Å². The molecule has 616 valence electrons. The van der Waals surface area contributed by atoms with Gasteiger partial charge in [-0.3, -0.25) is 43.3 Å². The van der Waals surface area contributed by atoms with Crippen LogP contribution in [0, 0.1) is 29.6 Å². The Bertz CT molecular complexity index is 3730. The summed E-state index contributed by atoms with van der Waals surface area (Å²) in [5.41, 5.74) is 22.1. The molecule has 1 aliphatic heterocycles. The number of primary amides is 1. The van der Waals surface area contributed by atoms with Crippen molar-refractivity contribution >= 4 is 71.2 Å². The predicted octanol–water partition coefficient (Wildman–Crippen LogP) is 6.07. The van der Waals surface area contributed by atoms with E-state index in [1.807, 2.05) is 80.6 Å². The van der Waals surface area contributed by atoms with E-state index >= 15 is 0 Å². The summed E-state index contributed by atoms with van der Waals surface area (Å²) in [6.07, 6.45) is -1.42. The lowest BCUT2D eigenvalue weighted by Crippen LogP contribution is -2.60. The number of amides is 12. The van der Waals surface area contributed by atoms with Crippen molar-refractivity contribution in [2.24, 2.45) is 46.8 Å². The molecule has 1 aliphatic carbocycles. The molecule has 0 aromatic heterocycles. The smallest absolute Gasteiger partial charge is 0.410 e. The van der Waals surface area contributed by atoms with Gasteiger partial charge in [0.2, 0.25) is 47.3 Å². The van der Waals surface area contributed by atoms with Crippen LogP contribution in [0.4, 0.5) is 20.1 Å². The third-order valence-electron chi connectivity index (χ3n) is 21.3. The first-order valence-electron chi connectivity index (χ1n) is 39.0. The first kappa shape index (κ1) is 91.1. The van der Waals surface area contributed by atoms with E-state index in [2.05, 4.69) is 42.5 Å². The fourth-order valence-electron chi connectivity index (χ4n) is 14.7. The van der Waals surface area contributed by atoms with Gasteiger partial charge in [0.05, 0.1) is 54.8 Å². The number of carbonyl (C=O) groups is 11. The molecule has 30 nitrogen and oxygen atoms in total. The maximum Gasteiger partial charge on any atom is 0.410 e. The van der Waals surface area contributed by atoms with Gasteiger partial charge in [-0.25, -0.2) is 14.4 Å². The monoisotopic (exact) mass is 1560 g/mol. The highest BCUT2D eigenvalue weighted by atomic mass is 16.6. The molecule has 4 aromatic carbocycles. The summed E-state index contributed by atoms with van der Waals surface area (Å²) in [5.74, 6) is -6.80. The number of nitrogens with zero attached hydrogens (tertiary/aromatic N) is 3. The molecular weight excluding hydrogens is 1440 g/mol. The maximum atomic E-state index is 14.9. The van der Waals surface area contributed by atoms with Gasteiger partial charge >= 0.3 is 18.2 Å². The zero-order chi connectivity index (χ0) is 82.6. The number of aliphatic hydroxyl groups is 1. The highest BCUT2D eigenvalue weighted by molar-refractivity contribution is 5.99. The lowest BCUT2D eigenvalue weighted by atomic mass is 9.89. The Morgan fingerprint density at radius 3 is 1.79 bits per heavy atom. The molecule has 1 heterocycles. The van der Waals surface area contributed by atoms with E-state index < -0.39 is 150 Å². The van der Waals surface area contributed by atoms with Gasteiger partial charge in [-0.1, -0.05) is 160 Å². The number of nitrogens with two attached hydrogens (primary N) is 3. The largest absolute Gasteiger partial charge is 0.449 e. The third-order valence-corrected chi connectivity index (χ3v) is 21.3. The molecule has 2 aliphatic rings. The molecule has 1 unspecified atom stereocenters. The van der Waals surface area contributed by atoms with Gasteiger partial charge < -0.3 is 93.6 Å². The summed E-state index contributed by atoms with van der Waals surface area (Å²) >= 11 is 0. The molecule has 14 atom stereocenters. The zero-order valence-electron chi connectivity index (χ0n) is 67.5. The minimum atomic E-state index is -1.24. The Balaban J connectivity index is 1.07. The van der Waals surface area contributed by atoms with Crippen molar-refractivity contribution < 1.29 is 76.8 Å². The van der Waals surface area contributed by atoms with Crippen molar-refractivity contribution in [1.82, 2.24) is 51.9 Å². The fourth-order valence-corrected chi connectivity index (χ4v) is 14.7. The van der Waals surface area contributed by atoms with E-state index in [9.17, 15) is 57.8 Å². The number of rotatable bonds is 43. The highest BCUT2D eigenvalue weighted by Crippen LogP contribution is 2.44. The average molecular weight is 1560 g/mol. The van der Waals surface area contributed by atoms with Gasteiger partial charge in [0.1, 0.15) is 43.4 Å². The Kier molecular flexibility index (Phi) is 36.2. The minimum absolute atomic E-state index is 0.00189. The van der Waals surface area contributed by atoms with Crippen LogP contribution in [0.5, 0.6) is 0 Å². The Morgan fingerprint density at radius 1 is 0.616 bits per heavy atom. The van der Waals surface area contributed by atoms with Gasteiger partial charge in [-0.15, -0.1) is 0 Å². The van der Waals surface area contributed by atoms with Crippen LogP contribution in [0.3, 0.4) is 0 Å². The number of urea groups is 1. The van der Waals surface area contributed by atoms with Crippen LogP contribution in [0.25, 0.3) is 11.1 Å². The second-order valence-electron chi connectivity index (χ2n) is 30.4. The van der Waals surface area contributed by atoms with Crippen LogP contribution in [-0.4, -0.2) is 213 Å². The van der Waals surface area contributed by atoms with E-state index in [0.717, 1.165) is 27.2 Å². The molecule has 12 amide bonds. The number of hydrogen-bond acceptors (Lipinski definition) is 18. The number of nitrogens with one attached hydrogen (secondary N) is 8. The van der Waals surface area contributed by atoms with E-state index in [1.165, 1.54) is 21.3 Å². The number of carbonyl (C=O) groups excluding carboxylic acids is 11. The topological polar surface area (TPSA) is 429 Å². The number of hydrogen-bond donors (Lipinski definition) is 12. The molecule has 0 bridgehead atoms. The van der Waals surface area contributed by atoms with E-state index in [-0.39, 0.29) is 87.9 Å². The van der Waals surface area contributed by atoms with Gasteiger partial charge in [-0.2, -0.15) is 0 Å². The standard InChI is InChI=1S/C82H122N14O16/c1-15-50(8)70(65(109-13)43-66(97)96-42-26-35-64(96)72(110-14)51(9)73(99)88-52(10)71(98)54-27-17-16-18-28-54)94(11)79(105)68(48(4)5)93-78(104)69(49(6)7)95(12)82(108)112-45-53-36-38-55(39-37-53)89-75(101)62(34-25-41-87-80(85)106)90-77(103)67(47(2)3)92-76(102)63(33-23-24-40-86-74(100)61(84)44-83)91-81(107)111-46-60-58-31-21-19-29-56(58)57-30-20-22-32-59(57)60/h16-22,27-32,36-39,47-52,60-65,67-72,98H,15,23-26,33-35,40-46,83-84H2,1-14H3,(H,86,100)(H,88,99)(H,89,101)(H,90,103)(H,91,107)(H,92,102)(H,93,104)(H3,85,87,106)/t50-,51+,52-,61?,62-,63-,64-,65-,67-,68-,69-,70-,71-,72+/m0/s1. The van der Waals surface area contributed by atoms with E-state index in [0.29, 0.717) is 49.8 Å². The number of fused-ring (bicyclic) bond motifs is 3. The normalized spacial score (nSPS) is 16.7. The number of ether oxygens (including phenoxy) is 4. The number of likely N-dealkylation sites (tertiary alicyclic amines) is 1. The molecule has 1 fully saturated rings. The molecule has 6 rings (SSSR count). The number of benzene rings is 4. The van der Waals surface area contributed by atoms with Gasteiger partial charge in [-0.05, 0) is 121 Å². The molecule has 0 spiro atoms. The fraction of sp³-hybridized carbons (Fsp3) is 0.573. The lowest BCUT2D eigenvalue weighted by Gasteiger charge is -2.41. The van der Waals surface area contributed by atoms with Crippen molar-refractivity contribution in [2.75, 3.05) is 66.4 Å². The molecule has 30 heteroatoms. The molecule has 0 saturated carbocycles. The van der Waals surface area contributed by atoms with Crippen molar-refractivity contribution in [3.63, 3.8) is 0 Å². The van der Waals surface area contributed by atoms with Crippen molar-refractivity contribution in [3.8, 4) is 11.1 Å². The van der Waals surface area contributed by atoms with Crippen molar-refractivity contribution in [2.45, 2.75) is 212 Å². The zero-order valence-corrected chi connectivity index (χ0v) is 67.5. The number of methoxy groups -OCH3 is 2. The third kappa shape index (κ3) is 25.4. The van der Waals surface area contributed by atoms with Crippen LogP contribution in [0.2, 0.25) is 0 Å². The number of likely N-dealkylation sites (N-methyl/N-ethyl adjacent to an activating group) is 2. The SMILES string of the molecule is CC[C@H](C)[C@@H]([C@H](CC(=O)N1CCC[C@H]1[C@H](OC)[C@@H](C)C(=O)N[C@@H](C)[C@H](O)c1ccccc1)OC)N(C)C(=O)[C@@H](NC(=O)[C@H](C(C)C)N(C)C(=O)OCc1ccc(NC(=O)[C@H](CCCNC(N)=O)NC(=O)[C@@H](NC(=O)[C@H](CCCCNC(=O)C(N)CN)NC(=O)OCC2c3ccccc3-c3ccccc32)C(C)C)cc1)C(C)C. The Morgan fingerprint density at radius 2 is 1.21 bits per heavy atom. The molecule has 112 heavy (non-hydrogen) atoms. The van der Waals surface area contributed by atoms with Crippen LogP contribution in [-0.2, 0) is 63.9 Å². The number of unbranched alkanes of at least 4 members (excludes halogenated alkanes) is 1. The van der Waals surface area contributed by atoms with E-state index in [4.69, 9.17) is 36.1 Å². The average Bonchev–Trinajstić information content (AvgIpc) is 1.62. The van der Waals surface area contributed by atoms with E-state index in [1.54, 1.807) is 109 Å². The quantitative estimate of drug-likeness (QED) is 0.0224. The summed E-state index contributed by atoms with van der Waals surface area (Å²) in [4.78, 5) is 157. The Hall–Kier alpha value is -9.75. The summed E-state index contributed by atoms with van der Waals surface area (Å²) in [6, 6.07) is 21.7. The maximum absolute atomic E-state index is 14.9. The van der Waals surface area contributed by atoms with Crippen molar-refractivity contribution in [1.29, 1.82) is 0 Å². The predicted molar refractivity (Wildman–Crippen MR) is 425 cm³/mol. The molecule has 0 radical (unpaired) electrons. The van der Waals surface area contributed by atoms with Crippen LogP contribution >= 0.6 is 0 Å². The van der Waals surface area contributed by atoms with Gasteiger partial charge in [0.15, 0.2) is 0 Å². The molecule has 4 aromatic rings. The first-order valence-corrected chi connectivity index (χ1v) is 39.0. The second kappa shape index (κ2) is 44.5. The van der Waals surface area contributed by atoms with Gasteiger partial charge in [0.25, 0.3) is 0 Å². The van der Waals surface area contributed by atoms with Crippen LogP contribution < -0.4 is 59.7 Å². The number of anilines is 1. The number of alkyl carbamates (subject to hydrolysis) is 1. The summed E-state index contributed by atoms with van der Waals surface area (Å²) in [7, 11) is 6.06.